The molecule has 0 aliphatic rings. The maximum Gasteiger partial charge on any atom is 0.306 e. The van der Waals surface area contributed by atoms with Gasteiger partial charge in [0, 0.05) is 13.0 Å². The Morgan fingerprint density at radius 3 is 2.48 bits per heavy atom. The topological polar surface area (TPSA) is 90.1 Å². The SMILES string of the molecule is CC(NC(=O)CCn1cc([N+](=O)[O-])cn1)c1ccc(C(C)(C)C)cc1. The number of carbonyl (C=O) groups is 1. The third-order valence-corrected chi connectivity index (χ3v) is 4.05. The van der Waals surface area contributed by atoms with Crippen LogP contribution in [0.25, 0.3) is 0 Å². The molecule has 1 atom stereocenters. The molecule has 0 aliphatic carbocycles. The fourth-order valence-corrected chi connectivity index (χ4v) is 2.45. The summed E-state index contributed by atoms with van der Waals surface area (Å²) in [5.74, 6) is -0.120. The van der Waals surface area contributed by atoms with E-state index in [4.69, 9.17) is 0 Å². The van der Waals surface area contributed by atoms with Crippen molar-refractivity contribution in [3.8, 4) is 0 Å². The first kappa shape index (κ1) is 18.6. The predicted molar refractivity (Wildman–Crippen MR) is 95.2 cm³/mol. The van der Waals surface area contributed by atoms with Crippen LogP contribution in [0.2, 0.25) is 0 Å². The molecule has 25 heavy (non-hydrogen) atoms. The molecular formula is C18H24N4O3. The van der Waals surface area contributed by atoms with E-state index in [0.717, 1.165) is 5.56 Å². The monoisotopic (exact) mass is 344 g/mol. The van der Waals surface area contributed by atoms with Crippen LogP contribution >= 0.6 is 0 Å². The van der Waals surface area contributed by atoms with E-state index in [9.17, 15) is 14.9 Å². The van der Waals surface area contributed by atoms with Gasteiger partial charge in [-0.2, -0.15) is 5.10 Å². The number of nitrogens with one attached hydrogen (secondary N) is 1. The van der Waals surface area contributed by atoms with Crippen molar-refractivity contribution in [1.29, 1.82) is 0 Å². The number of aromatic nitrogens is 2. The molecular weight excluding hydrogens is 320 g/mol. The molecule has 7 heteroatoms. The van der Waals surface area contributed by atoms with Gasteiger partial charge in [0.25, 0.3) is 0 Å². The normalized spacial score (nSPS) is 12.6. The number of nitro groups is 1. The number of amides is 1. The van der Waals surface area contributed by atoms with Gasteiger partial charge in [0.1, 0.15) is 12.4 Å². The van der Waals surface area contributed by atoms with Gasteiger partial charge in [-0.3, -0.25) is 19.6 Å². The molecule has 2 aromatic rings. The van der Waals surface area contributed by atoms with Crippen LogP contribution in [-0.2, 0) is 16.8 Å². The van der Waals surface area contributed by atoms with Crippen LogP contribution in [0.15, 0.2) is 36.7 Å². The smallest absolute Gasteiger partial charge is 0.306 e. The highest BCUT2D eigenvalue weighted by Gasteiger charge is 2.15. The zero-order chi connectivity index (χ0) is 18.6. The van der Waals surface area contributed by atoms with Crippen molar-refractivity contribution in [3.05, 3.63) is 57.9 Å². The summed E-state index contributed by atoms with van der Waals surface area (Å²) < 4.78 is 1.40. The lowest BCUT2D eigenvalue weighted by Crippen LogP contribution is -2.27. The average Bonchev–Trinajstić information content (AvgIpc) is 3.01. The van der Waals surface area contributed by atoms with E-state index < -0.39 is 4.92 Å². The summed E-state index contributed by atoms with van der Waals surface area (Å²) in [5, 5.41) is 17.4. The fraction of sp³-hybridized carbons (Fsp3) is 0.444. The van der Waals surface area contributed by atoms with Gasteiger partial charge in [-0.1, -0.05) is 45.0 Å². The van der Waals surface area contributed by atoms with E-state index in [1.165, 1.54) is 22.6 Å². The molecule has 0 radical (unpaired) electrons. The molecule has 1 aromatic carbocycles. The summed E-state index contributed by atoms with van der Waals surface area (Å²) in [7, 11) is 0. The van der Waals surface area contributed by atoms with Gasteiger partial charge in [-0.15, -0.1) is 0 Å². The van der Waals surface area contributed by atoms with Crippen LogP contribution in [0.4, 0.5) is 5.69 Å². The lowest BCUT2D eigenvalue weighted by molar-refractivity contribution is -0.385. The molecule has 134 valence electrons. The molecule has 1 amide bonds. The van der Waals surface area contributed by atoms with Gasteiger partial charge in [-0.05, 0) is 23.5 Å². The zero-order valence-electron chi connectivity index (χ0n) is 15.0. The van der Waals surface area contributed by atoms with Crippen LogP contribution in [0.3, 0.4) is 0 Å². The lowest BCUT2D eigenvalue weighted by atomic mass is 9.86. The van der Waals surface area contributed by atoms with Gasteiger partial charge >= 0.3 is 5.69 Å². The standard InChI is InChI=1S/C18H24N4O3/c1-13(14-5-7-15(8-6-14)18(2,3)4)20-17(23)9-10-21-12-16(11-19-21)22(24)25/h5-8,11-13H,9-10H2,1-4H3,(H,20,23). The minimum atomic E-state index is -0.507. The Hall–Kier alpha value is -2.70. The average molecular weight is 344 g/mol. The number of hydrogen-bond acceptors (Lipinski definition) is 4. The Balaban J connectivity index is 1.87. The van der Waals surface area contributed by atoms with Gasteiger partial charge < -0.3 is 5.32 Å². The van der Waals surface area contributed by atoms with Gasteiger partial charge in [0.15, 0.2) is 0 Å². The van der Waals surface area contributed by atoms with E-state index in [1.807, 2.05) is 19.1 Å². The van der Waals surface area contributed by atoms with E-state index in [-0.39, 0.29) is 29.5 Å². The Labute approximate surface area is 147 Å². The number of nitrogens with zero attached hydrogens (tertiary/aromatic N) is 3. The van der Waals surface area contributed by atoms with Gasteiger partial charge in [0.2, 0.25) is 5.91 Å². The number of rotatable bonds is 6. The molecule has 1 aromatic heterocycles. The largest absolute Gasteiger partial charge is 0.350 e. The zero-order valence-corrected chi connectivity index (χ0v) is 15.0. The quantitative estimate of drug-likeness (QED) is 0.642. The van der Waals surface area contributed by atoms with Crippen molar-refractivity contribution in [2.45, 2.75) is 52.1 Å². The molecule has 1 unspecified atom stereocenters. The molecule has 0 saturated heterocycles. The second-order valence-electron chi connectivity index (χ2n) is 7.13. The molecule has 0 spiro atoms. The molecule has 2 rings (SSSR count). The summed E-state index contributed by atoms with van der Waals surface area (Å²) in [5.41, 5.74) is 2.30. The van der Waals surface area contributed by atoms with Crippen molar-refractivity contribution in [1.82, 2.24) is 15.1 Å². The Morgan fingerprint density at radius 2 is 1.96 bits per heavy atom. The maximum atomic E-state index is 12.1. The Morgan fingerprint density at radius 1 is 1.32 bits per heavy atom. The molecule has 1 N–H and O–H groups in total. The van der Waals surface area contributed by atoms with Crippen LogP contribution in [0.5, 0.6) is 0 Å². The van der Waals surface area contributed by atoms with Crippen molar-refractivity contribution < 1.29 is 9.72 Å². The van der Waals surface area contributed by atoms with Crippen molar-refractivity contribution in [2.75, 3.05) is 0 Å². The predicted octanol–water partition coefficient (Wildman–Crippen LogP) is 3.36. The summed E-state index contributed by atoms with van der Waals surface area (Å²) >= 11 is 0. The number of aryl methyl sites for hydroxylation is 1. The van der Waals surface area contributed by atoms with E-state index in [2.05, 4.69) is 43.3 Å². The Kier molecular flexibility index (Phi) is 5.56. The summed E-state index contributed by atoms with van der Waals surface area (Å²) in [6, 6.07) is 8.13. The van der Waals surface area contributed by atoms with Crippen LogP contribution in [-0.4, -0.2) is 20.6 Å². The summed E-state index contributed by atoms with van der Waals surface area (Å²) in [4.78, 5) is 22.2. The Bertz CT molecular complexity index is 744. The van der Waals surface area contributed by atoms with Gasteiger partial charge in [0.05, 0.1) is 11.0 Å². The third kappa shape index (κ3) is 5.14. The molecule has 0 fully saturated rings. The van der Waals surface area contributed by atoms with Crippen molar-refractivity contribution in [3.63, 3.8) is 0 Å². The fourth-order valence-electron chi connectivity index (χ4n) is 2.45. The minimum Gasteiger partial charge on any atom is -0.350 e. The first-order chi connectivity index (χ1) is 11.7. The second-order valence-corrected chi connectivity index (χ2v) is 7.13. The molecule has 7 nitrogen and oxygen atoms in total. The van der Waals surface area contributed by atoms with Crippen molar-refractivity contribution >= 4 is 11.6 Å². The maximum absolute atomic E-state index is 12.1. The van der Waals surface area contributed by atoms with E-state index >= 15 is 0 Å². The summed E-state index contributed by atoms with van der Waals surface area (Å²) in [6.07, 6.45) is 2.71. The highest BCUT2D eigenvalue weighted by Crippen LogP contribution is 2.23. The highest BCUT2D eigenvalue weighted by atomic mass is 16.6. The molecule has 0 saturated carbocycles. The first-order valence-corrected chi connectivity index (χ1v) is 8.23. The number of carbonyl (C=O) groups excluding carboxylic acids is 1. The summed E-state index contributed by atoms with van der Waals surface area (Å²) in [6.45, 7) is 8.71. The van der Waals surface area contributed by atoms with E-state index in [1.54, 1.807) is 0 Å². The first-order valence-electron chi connectivity index (χ1n) is 8.23. The van der Waals surface area contributed by atoms with Gasteiger partial charge in [-0.25, -0.2) is 0 Å². The molecule has 0 bridgehead atoms. The third-order valence-electron chi connectivity index (χ3n) is 4.05. The number of benzene rings is 1. The van der Waals surface area contributed by atoms with E-state index in [0.29, 0.717) is 6.54 Å². The van der Waals surface area contributed by atoms with Crippen LogP contribution < -0.4 is 5.32 Å². The van der Waals surface area contributed by atoms with Crippen LogP contribution in [0.1, 0.15) is 51.3 Å². The number of hydrogen-bond donors (Lipinski definition) is 1. The lowest BCUT2D eigenvalue weighted by Gasteiger charge is -2.20. The second kappa shape index (κ2) is 7.46. The minimum absolute atomic E-state index is 0.0762. The van der Waals surface area contributed by atoms with Crippen LogP contribution in [0, 0.1) is 10.1 Å². The molecule has 1 heterocycles. The highest BCUT2D eigenvalue weighted by molar-refractivity contribution is 5.76. The molecule has 0 aliphatic heterocycles. The van der Waals surface area contributed by atoms with Crippen molar-refractivity contribution in [2.24, 2.45) is 0 Å².